The Bertz CT molecular complexity index is 90.2. The maximum Gasteiger partial charge on any atom is -0.0348 e. The van der Waals surface area contributed by atoms with Gasteiger partial charge in [-0.2, -0.15) is 0 Å². The minimum Gasteiger partial charge on any atom is -0.0885 e. The predicted octanol–water partition coefficient (Wildman–Crippen LogP) is 3.98. The van der Waals surface area contributed by atoms with Crippen molar-refractivity contribution in [2.75, 3.05) is 0 Å². The van der Waals surface area contributed by atoms with Gasteiger partial charge in [0.05, 0.1) is 0 Å². The second-order valence-corrected chi connectivity index (χ2v) is 3.30. The van der Waals surface area contributed by atoms with Crippen LogP contribution in [-0.2, 0) is 0 Å². The van der Waals surface area contributed by atoms with E-state index in [9.17, 15) is 0 Å². The molecule has 0 nitrogen and oxygen atoms in total. The zero-order chi connectivity index (χ0) is 8.53. The third-order valence-corrected chi connectivity index (χ3v) is 1.72. The van der Waals surface area contributed by atoms with Gasteiger partial charge in [-0.1, -0.05) is 45.8 Å². The fourth-order valence-corrected chi connectivity index (χ4v) is 0.938. The molecule has 0 aromatic carbocycles. The normalized spacial score (nSPS) is 11.6. The lowest BCUT2D eigenvalue weighted by molar-refractivity contribution is 0.652. The third-order valence-electron chi connectivity index (χ3n) is 1.72. The van der Waals surface area contributed by atoms with Crippen molar-refractivity contribution in [2.45, 2.75) is 46.0 Å². The quantitative estimate of drug-likeness (QED) is 0.400. The van der Waals surface area contributed by atoms with E-state index in [0.29, 0.717) is 5.92 Å². The summed E-state index contributed by atoms with van der Waals surface area (Å²) in [6.45, 7) is 8.33. The van der Waals surface area contributed by atoms with Gasteiger partial charge in [-0.3, -0.25) is 0 Å². The fourth-order valence-electron chi connectivity index (χ4n) is 0.938. The van der Waals surface area contributed by atoms with Crippen LogP contribution in [0, 0.1) is 12.8 Å². The Labute approximate surface area is 71.7 Å². The molecule has 0 aliphatic rings. The lowest BCUT2D eigenvalue weighted by Crippen LogP contribution is -1.84. The minimum atomic E-state index is 0.603. The van der Waals surface area contributed by atoms with E-state index in [2.05, 4.69) is 32.9 Å². The van der Waals surface area contributed by atoms with Gasteiger partial charge >= 0.3 is 0 Å². The van der Waals surface area contributed by atoms with E-state index >= 15 is 0 Å². The van der Waals surface area contributed by atoms with Gasteiger partial charge < -0.3 is 0 Å². The Morgan fingerprint density at radius 3 is 2.45 bits per heavy atom. The Kier molecular flexibility index (Phi) is 7.66. The zero-order valence-corrected chi connectivity index (χ0v) is 7.97. The monoisotopic (exact) mass is 153 g/mol. The highest BCUT2D eigenvalue weighted by atomic mass is 13.9. The number of hydrogen-bond donors (Lipinski definition) is 0. The van der Waals surface area contributed by atoms with Crippen LogP contribution in [0.3, 0.4) is 0 Å². The summed E-state index contributed by atoms with van der Waals surface area (Å²) >= 11 is 0. The molecule has 0 rings (SSSR count). The van der Waals surface area contributed by atoms with Crippen LogP contribution < -0.4 is 0 Å². The lowest BCUT2D eigenvalue weighted by atomic mass is 10.1. The Balaban J connectivity index is 3.03. The van der Waals surface area contributed by atoms with Crippen molar-refractivity contribution >= 4 is 0 Å². The van der Waals surface area contributed by atoms with Gasteiger partial charge in [0.2, 0.25) is 0 Å². The average Bonchev–Trinajstić information content (AvgIpc) is 1.96. The largest absolute Gasteiger partial charge is 0.0885 e. The Morgan fingerprint density at radius 1 is 1.27 bits per heavy atom. The topological polar surface area (TPSA) is 0 Å². The van der Waals surface area contributed by atoms with E-state index in [1.165, 1.54) is 32.1 Å². The SMILES string of the molecule is [CH2]C(C)CCC=CCCCC. The highest BCUT2D eigenvalue weighted by molar-refractivity contribution is 4.81. The summed E-state index contributed by atoms with van der Waals surface area (Å²) < 4.78 is 0. The highest BCUT2D eigenvalue weighted by Gasteiger charge is 1.88. The van der Waals surface area contributed by atoms with E-state index in [1.54, 1.807) is 0 Å². The van der Waals surface area contributed by atoms with E-state index in [0.717, 1.165) is 0 Å². The van der Waals surface area contributed by atoms with Crippen molar-refractivity contribution in [1.82, 2.24) is 0 Å². The molecule has 0 N–H and O–H groups in total. The molecule has 1 unspecified atom stereocenters. The van der Waals surface area contributed by atoms with E-state index in [4.69, 9.17) is 0 Å². The van der Waals surface area contributed by atoms with Crippen LogP contribution in [0.15, 0.2) is 12.2 Å². The molecule has 0 aromatic rings. The number of hydrogen-bond acceptors (Lipinski definition) is 0. The molecule has 0 fully saturated rings. The average molecular weight is 153 g/mol. The summed E-state index contributed by atoms with van der Waals surface area (Å²) in [6.07, 6.45) is 10.9. The molecular formula is C11H21. The van der Waals surface area contributed by atoms with Gasteiger partial charge in [0.15, 0.2) is 0 Å². The van der Waals surface area contributed by atoms with E-state index in [1.807, 2.05) is 0 Å². The van der Waals surface area contributed by atoms with Gasteiger partial charge in [-0.25, -0.2) is 0 Å². The minimum absolute atomic E-state index is 0.603. The maximum atomic E-state index is 3.94. The maximum absolute atomic E-state index is 3.94. The first kappa shape index (κ1) is 10.7. The summed E-state index contributed by atoms with van der Waals surface area (Å²) in [5, 5.41) is 0. The summed E-state index contributed by atoms with van der Waals surface area (Å²) in [6, 6.07) is 0. The third kappa shape index (κ3) is 9.74. The van der Waals surface area contributed by atoms with Crippen LogP contribution in [0.25, 0.3) is 0 Å². The van der Waals surface area contributed by atoms with Crippen LogP contribution in [0.4, 0.5) is 0 Å². The molecule has 0 aliphatic heterocycles. The zero-order valence-electron chi connectivity index (χ0n) is 7.97. The number of rotatable bonds is 6. The molecule has 1 radical (unpaired) electrons. The lowest BCUT2D eigenvalue weighted by Gasteiger charge is -1.98. The Morgan fingerprint density at radius 2 is 1.91 bits per heavy atom. The molecule has 0 saturated carbocycles. The van der Waals surface area contributed by atoms with Crippen molar-refractivity contribution in [1.29, 1.82) is 0 Å². The summed E-state index contributed by atoms with van der Waals surface area (Å²) in [4.78, 5) is 0. The van der Waals surface area contributed by atoms with Gasteiger partial charge in [-0.15, -0.1) is 0 Å². The van der Waals surface area contributed by atoms with Crippen molar-refractivity contribution in [3.8, 4) is 0 Å². The van der Waals surface area contributed by atoms with Crippen molar-refractivity contribution < 1.29 is 0 Å². The molecule has 0 spiro atoms. The predicted molar refractivity (Wildman–Crippen MR) is 52.4 cm³/mol. The van der Waals surface area contributed by atoms with Crippen LogP contribution in [0.2, 0.25) is 0 Å². The first-order valence-corrected chi connectivity index (χ1v) is 4.75. The van der Waals surface area contributed by atoms with Crippen molar-refractivity contribution in [3.63, 3.8) is 0 Å². The van der Waals surface area contributed by atoms with Crippen molar-refractivity contribution in [3.05, 3.63) is 19.1 Å². The van der Waals surface area contributed by atoms with Gasteiger partial charge in [0.25, 0.3) is 0 Å². The molecule has 0 heteroatoms. The molecule has 1 atom stereocenters. The molecule has 0 bridgehead atoms. The second kappa shape index (κ2) is 7.84. The first-order valence-electron chi connectivity index (χ1n) is 4.75. The van der Waals surface area contributed by atoms with E-state index < -0.39 is 0 Å². The van der Waals surface area contributed by atoms with Gasteiger partial charge in [0.1, 0.15) is 0 Å². The van der Waals surface area contributed by atoms with Crippen molar-refractivity contribution in [2.24, 2.45) is 5.92 Å². The summed E-state index contributed by atoms with van der Waals surface area (Å²) in [5.41, 5.74) is 0. The standard InChI is InChI=1S/C11H21/c1-4-5-6-7-8-9-10-11(2)3/h7-8,11H,2,4-6,9-10H2,1,3H3. The van der Waals surface area contributed by atoms with E-state index in [-0.39, 0.29) is 0 Å². The van der Waals surface area contributed by atoms with Crippen LogP contribution >= 0.6 is 0 Å². The summed E-state index contributed by atoms with van der Waals surface area (Å²) in [5.74, 6) is 0.603. The molecule has 0 amide bonds. The van der Waals surface area contributed by atoms with Crippen LogP contribution in [0.1, 0.15) is 46.0 Å². The Hall–Kier alpha value is -0.260. The molecule has 0 saturated heterocycles. The number of unbranched alkanes of at least 4 members (excludes halogenated alkanes) is 2. The van der Waals surface area contributed by atoms with Gasteiger partial charge in [-0.05, 0) is 25.2 Å². The molecular weight excluding hydrogens is 132 g/mol. The summed E-state index contributed by atoms with van der Waals surface area (Å²) in [7, 11) is 0. The molecule has 0 aliphatic carbocycles. The number of allylic oxidation sites excluding steroid dienone is 2. The fraction of sp³-hybridized carbons (Fsp3) is 0.727. The van der Waals surface area contributed by atoms with Crippen LogP contribution in [-0.4, -0.2) is 0 Å². The second-order valence-electron chi connectivity index (χ2n) is 3.30. The smallest absolute Gasteiger partial charge is 0.0348 e. The van der Waals surface area contributed by atoms with Gasteiger partial charge in [0, 0.05) is 0 Å². The molecule has 65 valence electrons. The molecule has 0 aromatic heterocycles. The molecule has 0 heterocycles. The first-order chi connectivity index (χ1) is 5.27. The highest BCUT2D eigenvalue weighted by Crippen LogP contribution is 2.04. The van der Waals surface area contributed by atoms with Crippen LogP contribution in [0.5, 0.6) is 0 Å². The molecule has 11 heavy (non-hydrogen) atoms.